The van der Waals surface area contributed by atoms with Gasteiger partial charge in [0.2, 0.25) is 0 Å². The lowest BCUT2D eigenvalue weighted by Crippen LogP contribution is -2.06. The van der Waals surface area contributed by atoms with E-state index in [-0.39, 0.29) is 5.97 Å². The molecule has 3 rings (SSSR count). The van der Waals surface area contributed by atoms with Crippen LogP contribution in [0.4, 0.5) is 0 Å². The molecule has 0 aliphatic rings. The van der Waals surface area contributed by atoms with Gasteiger partial charge in [-0.2, -0.15) is 0 Å². The van der Waals surface area contributed by atoms with Crippen molar-refractivity contribution >= 4 is 50.6 Å². The minimum atomic E-state index is -0.180. The molecule has 0 unspecified atom stereocenters. The Morgan fingerprint density at radius 1 is 1.17 bits per heavy atom. The van der Waals surface area contributed by atoms with Crippen molar-refractivity contribution in [1.29, 1.82) is 0 Å². The highest BCUT2D eigenvalue weighted by atomic mass is 79.9. The number of benzene rings is 2. The zero-order chi connectivity index (χ0) is 20.5. The van der Waals surface area contributed by atoms with Gasteiger partial charge in [-0.25, -0.2) is 4.98 Å². The molecule has 0 saturated heterocycles. The Morgan fingerprint density at radius 2 is 2.03 bits per heavy atom. The van der Waals surface area contributed by atoms with Crippen molar-refractivity contribution in [3.8, 4) is 5.75 Å². The van der Waals surface area contributed by atoms with E-state index in [1.807, 2.05) is 60.0 Å². The third-order valence-electron chi connectivity index (χ3n) is 4.02. The second kappa shape index (κ2) is 11.0. The van der Waals surface area contributed by atoms with Gasteiger partial charge in [-0.3, -0.25) is 4.79 Å². The number of ether oxygens (including phenoxy) is 2. The minimum absolute atomic E-state index is 0.180. The van der Waals surface area contributed by atoms with Crippen LogP contribution in [-0.2, 0) is 9.53 Å². The normalized spacial score (nSPS) is 11.1. The molecule has 0 spiro atoms. The molecule has 2 aromatic carbocycles. The molecule has 0 aliphatic carbocycles. The van der Waals surface area contributed by atoms with Gasteiger partial charge in [0.25, 0.3) is 0 Å². The molecule has 3 aromatic rings. The molecule has 0 saturated carbocycles. The predicted molar refractivity (Wildman–Crippen MR) is 122 cm³/mol. The van der Waals surface area contributed by atoms with Crippen LogP contribution in [0.25, 0.3) is 17.0 Å². The highest BCUT2D eigenvalue weighted by molar-refractivity contribution is 9.10. The maximum atomic E-state index is 11.3. The molecule has 0 aliphatic heterocycles. The number of aromatic nitrogens is 1. The molecule has 4 nitrogen and oxygen atoms in total. The standard InChI is InChI=1S/C23H22BrNO3S/c1-2-27-23(26)7-4-13-28-20-5-3-6-21(16-20)29-14-12-19-11-9-17-8-10-18(24)15-22(17)25-19/h3,5-6,8-12,14-16H,2,4,7,13H2,1H3. The summed E-state index contributed by atoms with van der Waals surface area (Å²) in [6, 6.07) is 18.1. The molecule has 1 heterocycles. The summed E-state index contributed by atoms with van der Waals surface area (Å²) < 4.78 is 11.7. The first-order valence-corrected chi connectivity index (χ1v) is 11.1. The first-order chi connectivity index (χ1) is 14.1. The van der Waals surface area contributed by atoms with Crippen LogP contribution in [-0.4, -0.2) is 24.2 Å². The Bertz CT molecular complexity index is 1010. The van der Waals surface area contributed by atoms with Crippen molar-refractivity contribution < 1.29 is 14.3 Å². The maximum absolute atomic E-state index is 11.3. The van der Waals surface area contributed by atoms with E-state index in [4.69, 9.17) is 9.47 Å². The lowest BCUT2D eigenvalue weighted by atomic mass is 10.2. The fourth-order valence-electron chi connectivity index (χ4n) is 2.66. The lowest BCUT2D eigenvalue weighted by Gasteiger charge is -2.07. The fourth-order valence-corrected chi connectivity index (χ4v) is 3.71. The van der Waals surface area contributed by atoms with Crippen LogP contribution >= 0.6 is 27.7 Å². The van der Waals surface area contributed by atoms with Crippen LogP contribution in [0, 0.1) is 0 Å². The summed E-state index contributed by atoms with van der Waals surface area (Å²) in [5.74, 6) is 0.612. The number of carbonyl (C=O) groups is 1. The molecule has 150 valence electrons. The van der Waals surface area contributed by atoms with Crippen LogP contribution in [0.15, 0.2) is 69.4 Å². The van der Waals surface area contributed by atoms with Crippen molar-refractivity contribution in [2.24, 2.45) is 0 Å². The summed E-state index contributed by atoms with van der Waals surface area (Å²) >= 11 is 5.09. The molecule has 0 atom stereocenters. The first-order valence-electron chi connectivity index (χ1n) is 9.42. The van der Waals surface area contributed by atoms with Crippen molar-refractivity contribution in [3.05, 3.63) is 70.2 Å². The minimum Gasteiger partial charge on any atom is -0.494 e. The average Bonchev–Trinajstić information content (AvgIpc) is 2.71. The van der Waals surface area contributed by atoms with Gasteiger partial charge in [0.05, 0.1) is 24.4 Å². The lowest BCUT2D eigenvalue weighted by molar-refractivity contribution is -0.143. The van der Waals surface area contributed by atoms with Crippen LogP contribution in [0.1, 0.15) is 25.5 Å². The number of esters is 1. The quantitative estimate of drug-likeness (QED) is 0.203. The molecule has 0 bridgehead atoms. The van der Waals surface area contributed by atoms with E-state index in [1.54, 1.807) is 18.7 Å². The number of pyridine rings is 1. The van der Waals surface area contributed by atoms with Gasteiger partial charge in [-0.05, 0) is 61.2 Å². The van der Waals surface area contributed by atoms with Crippen LogP contribution in [0.5, 0.6) is 5.75 Å². The second-order valence-corrected chi connectivity index (χ2v) is 8.12. The van der Waals surface area contributed by atoms with Crippen LogP contribution in [0.3, 0.4) is 0 Å². The first kappa shape index (κ1) is 21.4. The van der Waals surface area contributed by atoms with Gasteiger partial charge in [0.15, 0.2) is 0 Å². The van der Waals surface area contributed by atoms with Crippen molar-refractivity contribution in [2.75, 3.05) is 13.2 Å². The third-order valence-corrected chi connectivity index (χ3v) is 5.31. The van der Waals surface area contributed by atoms with Crippen LogP contribution in [0.2, 0.25) is 0 Å². The van der Waals surface area contributed by atoms with Gasteiger partial charge < -0.3 is 9.47 Å². The van der Waals surface area contributed by atoms with Crippen molar-refractivity contribution in [3.63, 3.8) is 0 Å². The van der Waals surface area contributed by atoms with E-state index >= 15 is 0 Å². The summed E-state index contributed by atoms with van der Waals surface area (Å²) in [6.07, 6.45) is 3.01. The van der Waals surface area contributed by atoms with E-state index in [1.165, 1.54) is 0 Å². The second-order valence-electron chi connectivity index (χ2n) is 6.23. The zero-order valence-electron chi connectivity index (χ0n) is 16.1. The molecule has 29 heavy (non-hydrogen) atoms. The van der Waals surface area contributed by atoms with E-state index in [9.17, 15) is 4.79 Å². The predicted octanol–water partition coefficient (Wildman–Crippen LogP) is 6.48. The number of hydrogen-bond donors (Lipinski definition) is 0. The third kappa shape index (κ3) is 6.91. The molecular formula is C23H22BrNO3S. The summed E-state index contributed by atoms with van der Waals surface area (Å²) in [5.41, 5.74) is 1.87. The Kier molecular flexibility index (Phi) is 8.14. The van der Waals surface area contributed by atoms with Gasteiger partial charge in [-0.15, -0.1) is 0 Å². The summed E-state index contributed by atoms with van der Waals surface area (Å²) in [6.45, 7) is 2.71. The number of hydrogen-bond acceptors (Lipinski definition) is 5. The number of rotatable bonds is 9. The number of halogens is 1. The monoisotopic (exact) mass is 471 g/mol. The summed E-state index contributed by atoms with van der Waals surface area (Å²) in [5, 5.41) is 3.14. The Morgan fingerprint density at radius 3 is 2.90 bits per heavy atom. The SMILES string of the molecule is CCOC(=O)CCCOc1cccc(SC=Cc2ccc3ccc(Br)cc3n2)c1. The smallest absolute Gasteiger partial charge is 0.305 e. The van der Waals surface area contributed by atoms with Gasteiger partial charge in [-0.1, -0.05) is 45.9 Å². The Balaban J connectivity index is 1.53. The van der Waals surface area contributed by atoms with Gasteiger partial charge >= 0.3 is 5.97 Å². The molecule has 0 fully saturated rings. The highest BCUT2D eigenvalue weighted by Gasteiger charge is 2.02. The largest absolute Gasteiger partial charge is 0.494 e. The number of nitrogens with zero attached hydrogens (tertiary/aromatic N) is 1. The summed E-state index contributed by atoms with van der Waals surface area (Å²) in [4.78, 5) is 17.1. The number of carbonyl (C=O) groups excluding carboxylic acids is 1. The molecule has 0 amide bonds. The van der Waals surface area contributed by atoms with Crippen LogP contribution < -0.4 is 4.74 Å². The van der Waals surface area contributed by atoms with E-state index in [2.05, 4.69) is 27.0 Å². The Hall–Kier alpha value is -2.31. The van der Waals surface area contributed by atoms with E-state index in [0.717, 1.165) is 31.7 Å². The average molecular weight is 472 g/mol. The number of thioether (sulfide) groups is 1. The molecule has 6 heteroatoms. The van der Waals surface area contributed by atoms with Gasteiger partial charge in [0, 0.05) is 21.2 Å². The number of fused-ring (bicyclic) bond motifs is 1. The molecule has 0 N–H and O–H groups in total. The molecular weight excluding hydrogens is 450 g/mol. The molecule has 1 aromatic heterocycles. The highest BCUT2D eigenvalue weighted by Crippen LogP contribution is 2.25. The Labute approximate surface area is 183 Å². The van der Waals surface area contributed by atoms with E-state index < -0.39 is 0 Å². The van der Waals surface area contributed by atoms with Crippen molar-refractivity contribution in [1.82, 2.24) is 4.98 Å². The van der Waals surface area contributed by atoms with E-state index in [0.29, 0.717) is 26.1 Å². The zero-order valence-corrected chi connectivity index (χ0v) is 18.5. The fraction of sp³-hybridized carbons (Fsp3) is 0.217. The van der Waals surface area contributed by atoms with Gasteiger partial charge in [0.1, 0.15) is 5.75 Å². The summed E-state index contributed by atoms with van der Waals surface area (Å²) in [7, 11) is 0. The maximum Gasteiger partial charge on any atom is 0.305 e. The topological polar surface area (TPSA) is 48.4 Å². The molecule has 0 radical (unpaired) electrons. The van der Waals surface area contributed by atoms with Crippen molar-refractivity contribution in [2.45, 2.75) is 24.7 Å².